The fraction of sp³-hybridized carbons (Fsp3) is 0.350. The topological polar surface area (TPSA) is 38.3 Å². The number of carbonyl (C=O) groups is 1. The first kappa shape index (κ1) is 16.5. The highest BCUT2D eigenvalue weighted by atomic mass is 16.5. The molecular formula is C20H25N2O2+. The number of likely N-dealkylation sites (N-methyl/N-ethyl adjacent to an activating group) is 1. The van der Waals surface area contributed by atoms with E-state index in [2.05, 4.69) is 26.2 Å². The van der Waals surface area contributed by atoms with Gasteiger partial charge in [-0.2, -0.15) is 0 Å². The van der Waals surface area contributed by atoms with Crippen LogP contribution in [0.3, 0.4) is 0 Å². The van der Waals surface area contributed by atoms with Crippen molar-refractivity contribution in [2.75, 3.05) is 26.7 Å². The third-order valence-electron chi connectivity index (χ3n) is 5.04. The van der Waals surface area contributed by atoms with Gasteiger partial charge >= 0.3 is 0 Å². The third kappa shape index (κ3) is 3.15. The molecule has 126 valence electrons. The average Bonchev–Trinajstić information content (AvgIpc) is 2.61. The van der Waals surface area contributed by atoms with Gasteiger partial charge in [-0.1, -0.05) is 36.4 Å². The van der Waals surface area contributed by atoms with E-state index in [4.69, 9.17) is 4.74 Å². The highest BCUT2D eigenvalue weighted by molar-refractivity contribution is 5.78. The summed E-state index contributed by atoms with van der Waals surface area (Å²) in [5.41, 5.74) is 2.01. The van der Waals surface area contributed by atoms with Crippen molar-refractivity contribution in [1.82, 2.24) is 5.32 Å². The maximum Gasteiger partial charge on any atom is 0.276 e. The van der Waals surface area contributed by atoms with Crippen LogP contribution >= 0.6 is 0 Å². The number of carbonyl (C=O) groups excluding carboxylic acids is 1. The summed E-state index contributed by atoms with van der Waals surface area (Å²) >= 11 is 0. The molecule has 0 saturated heterocycles. The van der Waals surface area contributed by atoms with Gasteiger partial charge in [0.25, 0.3) is 5.91 Å². The van der Waals surface area contributed by atoms with Crippen molar-refractivity contribution in [3.05, 3.63) is 59.7 Å². The second-order valence-corrected chi connectivity index (χ2v) is 6.59. The molecule has 24 heavy (non-hydrogen) atoms. The summed E-state index contributed by atoms with van der Waals surface area (Å²) < 4.78 is 6.71. The molecule has 1 N–H and O–H groups in total. The van der Waals surface area contributed by atoms with E-state index < -0.39 is 0 Å². The number of ether oxygens (including phenoxy) is 1. The molecule has 0 aromatic heterocycles. The van der Waals surface area contributed by atoms with Crippen molar-refractivity contribution >= 4 is 5.91 Å². The molecule has 3 rings (SSSR count). The molecule has 2 aromatic rings. The van der Waals surface area contributed by atoms with Gasteiger partial charge in [-0.15, -0.1) is 0 Å². The molecular weight excluding hydrogens is 300 g/mol. The van der Waals surface area contributed by atoms with Crippen LogP contribution in [-0.4, -0.2) is 37.1 Å². The largest absolute Gasteiger partial charge is 0.457 e. The second kappa shape index (κ2) is 6.65. The molecule has 1 aliphatic rings. The Morgan fingerprint density at radius 1 is 1.00 bits per heavy atom. The van der Waals surface area contributed by atoms with Gasteiger partial charge in [0.15, 0.2) is 6.54 Å². The third-order valence-corrected chi connectivity index (χ3v) is 5.04. The van der Waals surface area contributed by atoms with Gasteiger partial charge in [0.05, 0.1) is 26.2 Å². The number of nitrogens with zero attached hydrogens (tertiary/aromatic N) is 1. The minimum atomic E-state index is -0.166. The van der Waals surface area contributed by atoms with Gasteiger partial charge < -0.3 is 14.5 Å². The molecule has 0 saturated carbocycles. The average molecular weight is 325 g/mol. The molecule has 0 aliphatic carbocycles. The van der Waals surface area contributed by atoms with Gasteiger partial charge in [-0.05, 0) is 26.0 Å². The van der Waals surface area contributed by atoms with Crippen molar-refractivity contribution in [1.29, 1.82) is 0 Å². The lowest BCUT2D eigenvalue weighted by atomic mass is 9.94. The van der Waals surface area contributed by atoms with Crippen molar-refractivity contribution < 1.29 is 14.0 Å². The molecule has 1 aliphatic heterocycles. The van der Waals surface area contributed by atoms with E-state index in [1.54, 1.807) is 0 Å². The van der Waals surface area contributed by atoms with Crippen LogP contribution < -0.4 is 10.1 Å². The Bertz CT molecular complexity index is 692. The summed E-state index contributed by atoms with van der Waals surface area (Å²) in [4.78, 5) is 12.7. The Balaban J connectivity index is 1.89. The smallest absolute Gasteiger partial charge is 0.276 e. The highest BCUT2D eigenvalue weighted by Gasteiger charge is 2.30. The first-order chi connectivity index (χ1) is 11.6. The van der Waals surface area contributed by atoms with E-state index in [1.807, 2.05) is 48.5 Å². The van der Waals surface area contributed by atoms with Crippen LogP contribution in [0.1, 0.15) is 31.0 Å². The monoisotopic (exact) mass is 325 g/mol. The zero-order chi connectivity index (χ0) is 17.2. The second-order valence-electron chi connectivity index (χ2n) is 6.59. The molecule has 4 heteroatoms. The summed E-state index contributed by atoms with van der Waals surface area (Å²) in [6.45, 7) is 6.59. The van der Waals surface area contributed by atoms with Crippen LogP contribution in [-0.2, 0) is 4.79 Å². The maximum absolute atomic E-state index is 12.7. The van der Waals surface area contributed by atoms with E-state index in [0.29, 0.717) is 6.54 Å². The highest BCUT2D eigenvalue weighted by Crippen LogP contribution is 2.42. The summed E-state index contributed by atoms with van der Waals surface area (Å²) in [6, 6.07) is 15.6. The summed E-state index contributed by atoms with van der Waals surface area (Å²) in [5.74, 6) is 1.69. The normalized spacial score (nSPS) is 13.6. The quantitative estimate of drug-likeness (QED) is 0.855. The van der Waals surface area contributed by atoms with E-state index in [1.165, 1.54) is 0 Å². The van der Waals surface area contributed by atoms with Crippen LogP contribution in [0, 0.1) is 0 Å². The number of hydrogen-bond acceptors (Lipinski definition) is 2. The molecule has 0 bridgehead atoms. The zero-order valence-corrected chi connectivity index (χ0v) is 14.6. The van der Waals surface area contributed by atoms with Gasteiger partial charge in [-0.25, -0.2) is 0 Å². The van der Waals surface area contributed by atoms with Crippen molar-refractivity contribution in [3.8, 4) is 11.5 Å². The zero-order valence-electron chi connectivity index (χ0n) is 14.6. The number of para-hydroxylation sites is 2. The first-order valence-electron chi connectivity index (χ1n) is 8.55. The molecule has 2 aromatic carbocycles. The molecule has 0 unspecified atom stereocenters. The minimum Gasteiger partial charge on any atom is -0.457 e. The van der Waals surface area contributed by atoms with Crippen LogP contribution in [0.25, 0.3) is 0 Å². The Hall–Kier alpha value is -2.33. The fourth-order valence-corrected chi connectivity index (χ4v) is 3.07. The van der Waals surface area contributed by atoms with Crippen molar-refractivity contribution in [3.63, 3.8) is 0 Å². The van der Waals surface area contributed by atoms with Gasteiger partial charge in [-0.3, -0.25) is 4.79 Å². The van der Waals surface area contributed by atoms with Crippen molar-refractivity contribution in [2.24, 2.45) is 0 Å². The Morgan fingerprint density at radius 3 is 2.00 bits per heavy atom. The first-order valence-corrected chi connectivity index (χ1v) is 8.55. The molecule has 1 heterocycles. The molecule has 0 radical (unpaired) electrons. The number of nitrogens with one attached hydrogen (secondary N) is 1. The summed E-state index contributed by atoms with van der Waals surface area (Å²) in [5, 5.41) is 3.22. The van der Waals surface area contributed by atoms with Gasteiger partial charge in [0.2, 0.25) is 0 Å². The molecule has 0 fully saturated rings. The number of quaternary nitrogens is 1. The molecule has 0 spiro atoms. The van der Waals surface area contributed by atoms with Crippen LogP contribution in [0.5, 0.6) is 11.5 Å². The van der Waals surface area contributed by atoms with E-state index >= 15 is 0 Å². The Morgan fingerprint density at radius 2 is 1.50 bits per heavy atom. The summed E-state index contributed by atoms with van der Waals surface area (Å²) in [6.07, 6.45) is 0. The predicted molar refractivity (Wildman–Crippen MR) is 95.1 cm³/mol. The summed E-state index contributed by atoms with van der Waals surface area (Å²) in [7, 11) is 2.12. The van der Waals surface area contributed by atoms with Crippen LogP contribution in [0.15, 0.2) is 48.5 Å². The lowest BCUT2D eigenvalue weighted by Crippen LogP contribution is -2.50. The predicted octanol–water partition coefficient (Wildman–Crippen LogP) is 3.48. The lowest BCUT2D eigenvalue weighted by molar-refractivity contribution is -0.898. The van der Waals surface area contributed by atoms with E-state index in [0.717, 1.165) is 40.2 Å². The Kier molecular flexibility index (Phi) is 4.58. The van der Waals surface area contributed by atoms with Crippen molar-refractivity contribution in [2.45, 2.75) is 19.9 Å². The molecule has 0 atom stereocenters. The standard InChI is InChI=1S/C20H24N2O2/c1-4-22(3,5-2)14-19(23)21-20-15-10-6-8-12-17(15)24-18-13-9-7-11-16(18)20/h6-13,20H,4-5,14H2,1-3H3/p+1. The number of rotatable bonds is 5. The van der Waals surface area contributed by atoms with Gasteiger partial charge in [0.1, 0.15) is 11.5 Å². The van der Waals surface area contributed by atoms with E-state index in [9.17, 15) is 4.79 Å². The fourth-order valence-electron chi connectivity index (χ4n) is 3.07. The number of benzene rings is 2. The number of fused-ring (bicyclic) bond motifs is 2. The SMILES string of the molecule is CC[N+](C)(CC)CC(=O)NC1c2ccccc2Oc2ccccc21. The number of hydrogen-bond donors (Lipinski definition) is 1. The Labute approximate surface area is 143 Å². The van der Waals surface area contributed by atoms with E-state index in [-0.39, 0.29) is 11.9 Å². The van der Waals surface area contributed by atoms with Crippen LogP contribution in [0.2, 0.25) is 0 Å². The lowest BCUT2D eigenvalue weighted by Gasteiger charge is -2.33. The maximum atomic E-state index is 12.7. The van der Waals surface area contributed by atoms with Crippen LogP contribution in [0.4, 0.5) is 0 Å². The molecule has 4 nitrogen and oxygen atoms in total. The molecule has 1 amide bonds. The minimum absolute atomic E-state index is 0.0673. The van der Waals surface area contributed by atoms with Gasteiger partial charge in [0, 0.05) is 11.1 Å². The number of amides is 1.